The maximum atomic E-state index is 12.6. The summed E-state index contributed by atoms with van der Waals surface area (Å²) < 4.78 is 6.93. The number of amides is 1. The van der Waals surface area contributed by atoms with E-state index in [0.29, 0.717) is 12.0 Å². The number of methoxy groups -OCH3 is 1. The minimum absolute atomic E-state index is 0.167. The third-order valence-electron chi connectivity index (χ3n) is 3.80. The first-order valence-electron chi connectivity index (χ1n) is 7.80. The van der Waals surface area contributed by atoms with Crippen molar-refractivity contribution in [3.8, 4) is 11.4 Å². The predicted octanol–water partition coefficient (Wildman–Crippen LogP) is 3.70. The van der Waals surface area contributed by atoms with E-state index in [4.69, 9.17) is 4.74 Å². The molecule has 1 amide bonds. The number of hydrogen-bond acceptors (Lipinski definition) is 3. The fraction of sp³-hybridized carbons (Fsp3) is 0.158. The van der Waals surface area contributed by atoms with Crippen LogP contribution in [0.4, 0.5) is 5.69 Å². The lowest BCUT2D eigenvalue weighted by molar-refractivity contribution is 0.102. The second-order valence-electron chi connectivity index (χ2n) is 5.29. The molecule has 3 aromatic rings. The third-order valence-corrected chi connectivity index (χ3v) is 3.80. The number of nitrogens with one attached hydrogen (secondary N) is 1. The number of ether oxygens (including phenoxy) is 1. The lowest BCUT2D eigenvalue weighted by atomic mass is 10.2. The zero-order valence-corrected chi connectivity index (χ0v) is 13.7. The molecule has 0 fully saturated rings. The molecule has 3 rings (SSSR count). The smallest absolute Gasteiger partial charge is 0.259 e. The van der Waals surface area contributed by atoms with Crippen molar-refractivity contribution in [2.45, 2.75) is 13.3 Å². The number of nitrogens with zero attached hydrogens (tertiary/aromatic N) is 2. The van der Waals surface area contributed by atoms with Crippen molar-refractivity contribution in [3.63, 3.8) is 0 Å². The molecule has 0 saturated carbocycles. The second-order valence-corrected chi connectivity index (χ2v) is 5.29. The highest BCUT2D eigenvalue weighted by Crippen LogP contribution is 2.19. The number of aromatic nitrogens is 2. The molecular formula is C19H19N3O2. The molecule has 0 radical (unpaired) electrons. The molecule has 0 atom stereocenters. The topological polar surface area (TPSA) is 56.1 Å². The molecule has 0 spiro atoms. The minimum atomic E-state index is -0.167. The first-order chi connectivity index (χ1) is 11.7. The van der Waals surface area contributed by atoms with E-state index in [1.807, 2.05) is 66.2 Å². The molecule has 0 aliphatic carbocycles. The maximum Gasteiger partial charge on any atom is 0.259 e. The molecule has 122 valence electrons. The predicted molar refractivity (Wildman–Crippen MR) is 93.9 cm³/mol. The van der Waals surface area contributed by atoms with Crippen LogP contribution >= 0.6 is 0 Å². The van der Waals surface area contributed by atoms with Crippen LogP contribution in [-0.2, 0) is 6.42 Å². The summed E-state index contributed by atoms with van der Waals surface area (Å²) >= 11 is 0. The van der Waals surface area contributed by atoms with Gasteiger partial charge in [0.15, 0.2) is 0 Å². The van der Waals surface area contributed by atoms with Crippen LogP contribution in [0.15, 0.2) is 60.8 Å². The molecule has 1 N–H and O–H groups in total. The highest BCUT2D eigenvalue weighted by molar-refractivity contribution is 6.05. The largest absolute Gasteiger partial charge is 0.497 e. The normalized spacial score (nSPS) is 10.4. The molecule has 1 heterocycles. The Morgan fingerprint density at radius 3 is 2.46 bits per heavy atom. The summed E-state index contributed by atoms with van der Waals surface area (Å²) in [6, 6.07) is 17.0. The van der Waals surface area contributed by atoms with E-state index < -0.39 is 0 Å². The summed E-state index contributed by atoms with van der Waals surface area (Å²) in [4.78, 5) is 12.6. The van der Waals surface area contributed by atoms with Crippen LogP contribution in [0.2, 0.25) is 0 Å². The first-order valence-corrected chi connectivity index (χ1v) is 7.80. The maximum absolute atomic E-state index is 12.6. The van der Waals surface area contributed by atoms with Gasteiger partial charge in [0, 0.05) is 5.69 Å². The summed E-state index contributed by atoms with van der Waals surface area (Å²) in [5.41, 5.74) is 3.12. The highest BCUT2D eigenvalue weighted by Gasteiger charge is 2.17. The van der Waals surface area contributed by atoms with Crippen LogP contribution in [-0.4, -0.2) is 22.8 Å². The average molecular weight is 321 g/mol. The van der Waals surface area contributed by atoms with E-state index in [2.05, 4.69) is 10.4 Å². The third kappa shape index (κ3) is 3.15. The van der Waals surface area contributed by atoms with Crippen molar-refractivity contribution in [1.29, 1.82) is 0 Å². The zero-order valence-electron chi connectivity index (χ0n) is 13.7. The molecular weight excluding hydrogens is 302 g/mol. The van der Waals surface area contributed by atoms with Crippen LogP contribution in [0.3, 0.4) is 0 Å². The van der Waals surface area contributed by atoms with Gasteiger partial charge in [-0.2, -0.15) is 5.10 Å². The Bertz CT molecular complexity index is 824. The van der Waals surface area contributed by atoms with E-state index >= 15 is 0 Å². The molecule has 0 aliphatic rings. The number of carbonyl (C=O) groups is 1. The Hall–Kier alpha value is -3.08. The van der Waals surface area contributed by atoms with Gasteiger partial charge in [0.1, 0.15) is 5.75 Å². The van der Waals surface area contributed by atoms with Crippen LogP contribution in [0.5, 0.6) is 5.75 Å². The van der Waals surface area contributed by atoms with Crippen LogP contribution in [0.25, 0.3) is 5.69 Å². The molecule has 5 nitrogen and oxygen atoms in total. The lowest BCUT2D eigenvalue weighted by Crippen LogP contribution is -2.14. The molecule has 0 bridgehead atoms. The van der Waals surface area contributed by atoms with Gasteiger partial charge in [-0.3, -0.25) is 4.79 Å². The summed E-state index contributed by atoms with van der Waals surface area (Å²) in [5.74, 6) is 0.582. The van der Waals surface area contributed by atoms with E-state index in [9.17, 15) is 4.79 Å². The van der Waals surface area contributed by atoms with Crippen LogP contribution in [0, 0.1) is 0 Å². The molecule has 5 heteroatoms. The Morgan fingerprint density at radius 2 is 1.83 bits per heavy atom. The van der Waals surface area contributed by atoms with E-state index in [1.165, 1.54) is 0 Å². The molecule has 0 aliphatic heterocycles. The van der Waals surface area contributed by atoms with Gasteiger partial charge in [0.2, 0.25) is 0 Å². The van der Waals surface area contributed by atoms with Gasteiger partial charge in [0.05, 0.1) is 30.3 Å². The van der Waals surface area contributed by atoms with Gasteiger partial charge in [-0.25, -0.2) is 4.68 Å². The van der Waals surface area contributed by atoms with Gasteiger partial charge < -0.3 is 10.1 Å². The number of rotatable bonds is 5. The molecule has 24 heavy (non-hydrogen) atoms. The SMILES string of the molecule is CCc1c(C(=O)Nc2ccc(OC)cc2)cnn1-c1ccccc1. The number of hydrogen-bond donors (Lipinski definition) is 1. The number of para-hydroxylation sites is 1. The Balaban J connectivity index is 1.86. The zero-order chi connectivity index (χ0) is 16.9. The summed E-state index contributed by atoms with van der Waals surface area (Å²) in [6.45, 7) is 2.01. The van der Waals surface area contributed by atoms with Crippen molar-refractivity contribution in [2.75, 3.05) is 12.4 Å². The van der Waals surface area contributed by atoms with E-state index in [-0.39, 0.29) is 5.91 Å². The standard InChI is InChI=1S/C19H19N3O2/c1-3-18-17(13-20-22(18)15-7-5-4-6-8-15)19(23)21-14-9-11-16(24-2)12-10-14/h4-13H,3H2,1-2H3,(H,21,23). The van der Waals surface area contributed by atoms with Crippen molar-refractivity contribution in [3.05, 3.63) is 72.1 Å². The van der Waals surface area contributed by atoms with Crippen LogP contribution < -0.4 is 10.1 Å². The Labute approximate surface area is 140 Å². The quantitative estimate of drug-likeness (QED) is 0.779. The molecule has 2 aromatic carbocycles. The van der Waals surface area contributed by atoms with Crippen molar-refractivity contribution >= 4 is 11.6 Å². The number of carbonyl (C=O) groups excluding carboxylic acids is 1. The fourth-order valence-corrected chi connectivity index (χ4v) is 2.57. The van der Waals surface area contributed by atoms with E-state index in [0.717, 1.165) is 22.8 Å². The first kappa shape index (κ1) is 15.8. The van der Waals surface area contributed by atoms with Gasteiger partial charge in [0.25, 0.3) is 5.91 Å². The van der Waals surface area contributed by atoms with Crippen molar-refractivity contribution in [1.82, 2.24) is 9.78 Å². The highest BCUT2D eigenvalue weighted by atomic mass is 16.5. The summed E-state index contributed by atoms with van der Waals surface area (Å²) in [6.07, 6.45) is 2.32. The van der Waals surface area contributed by atoms with E-state index in [1.54, 1.807) is 13.3 Å². The molecule has 1 aromatic heterocycles. The number of anilines is 1. The minimum Gasteiger partial charge on any atom is -0.497 e. The summed E-state index contributed by atoms with van der Waals surface area (Å²) in [5, 5.41) is 7.28. The monoisotopic (exact) mass is 321 g/mol. The average Bonchev–Trinajstić information content (AvgIpc) is 3.07. The van der Waals surface area contributed by atoms with Crippen molar-refractivity contribution in [2.24, 2.45) is 0 Å². The fourth-order valence-electron chi connectivity index (χ4n) is 2.57. The Kier molecular flexibility index (Phi) is 4.61. The molecule has 0 unspecified atom stereocenters. The molecule has 0 saturated heterocycles. The second kappa shape index (κ2) is 7.00. The Morgan fingerprint density at radius 1 is 1.12 bits per heavy atom. The number of benzene rings is 2. The van der Waals surface area contributed by atoms with Gasteiger partial charge in [-0.05, 0) is 42.8 Å². The van der Waals surface area contributed by atoms with Gasteiger partial charge in [-0.15, -0.1) is 0 Å². The van der Waals surface area contributed by atoms with Crippen LogP contribution in [0.1, 0.15) is 23.0 Å². The summed E-state index contributed by atoms with van der Waals surface area (Å²) in [7, 11) is 1.61. The van der Waals surface area contributed by atoms with Gasteiger partial charge in [-0.1, -0.05) is 25.1 Å². The lowest BCUT2D eigenvalue weighted by Gasteiger charge is -2.09. The van der Waals surface area contributed by atoms with Crippen molar-refractivity contribution < 1.29 is 9.53 Å². The van der Waals surface area contributed by atoms with Gasteiger partial charge >= 0.3 is 0 Å².